The zero-order valence-corrected chi connectivity index (χ0v) is 18.2. The van der Waals surface area contributed by atoms with Gasteiger partial charge in [0.2, 0.25) is 10.0 Å². The molecule has 0 aliphatic rings. The van der Waals surface area contributed by atoms with Crippen LogP contribution in [0.4, 0.5) is 0 Å². The van der Waals surface area contributed by atoms with Gasteiger partial charge in [0, 0.05) is 17.0 Å². The van der Waals surface area contributed by atoms with Crippen LogP contribution in [0.2, 0.25) is 0 Å². The summed E-state index contributed by atoms with van der Waals surface area (Å²) in [6.45, 7) is 3.18. The normalized spacial score (nSPS) is 12.5. The van der Waals surface area contributed by atoms with Crippen molar-refractivity contribution in [3.8, 4) is 5.75 Å². The number of hydrogen-bond acceptors (Lipinski definition) is 7. The highest BCUT2D eigenvalue weighted by Crippen LogP contribution is 2.20. The number of ether oxygens (including phenoxy) is 2. The first-order valence-corrected chi connectivity index (χ1v) is 11.1. The van der Waals surface area contributed by atoms with Crippen LogP contribution < -0.4 is 15.1 Å². The quantitative estimate of drug-likeness (QED) is 0.419. The lowest BCUT2D eigenvalue weighted by atomic mass is 10.1. The maximum absolute atomic E-state index is 12.5. The zero-order chi connectivity index (χ0) is 22.6. The van der Waals surface area contributed by atoms with Crippen LogP contribution in [0.3, 0.4) is 0 Å². The number of esters is 1. The molecule has 1 atom stereocenters. The minimum absolute atomic E-state index is 0.00802. The Labute approximate surface area is 179 Å². The van der Waals surface area contributed by atoms with Gasteiger partial charge in [-0.25, -0.2) is 13.2 Å². The molecule has 31 heavy (non-hydrogen) atoms. The number of sulfonamides is 1. The number of aryl methyl sites for hydroxylation is 1. The maximum Gasteiger partial charge on any atom is 0.336 e. The fraction of sp³-hybridized carbons (Fsp3) is 0.273. The van der Waals surface area contributed by atoms with Gasteiger partial charge in [-0.2, -0.15) is 4.72 Å². The Bertz CT molecular complexity index is 1250. The molecule has 0 saturated heterocycles. The lowest BCUT2D eigenvalue weighted by molar-refractivity contribution is -0.146. The summed E-state index contributed by atoms with van der Waals surface area (Å²) < 4.78 is 42.8. The lowest BCUT2D eigenvalue weighted by Gasteiger charge is -2.14. The molecule has 0 unspecified atom stereocenters. The van der Waals surface area contributed by atoms with Crippen molar-refractivity contribution >= 4 is 27.0 Å². The van der Waals surface area contributed by atoms with E-state index in [0.29, 0.717) is 22.3 Å². The van der Waals surface area contributed by atoms with E-state index >= 15 is 0 Å². The first kappa shape index (κ1) is 22.5. The minimum Gasteiger partial charge on any atom is -0.497 e. The van der Waals surface area contributed by atoms with Gasteiger partial charge in [0.1, 0.15) is 24.0 Å². The number of fused-ring (bicyclic) bond motifs is 1. The van der Waals surface area contributed by atoms with Gasteiger partial charge in [-0.15, -0.1) is 0 Å². The molecule has 0 bridgehead atoms. The van der Waals surface area contributed by atoms with Gasteiger partial charge in [-0.1, -0.05) is 19.1 Å². The van der Waals surface area contributed by atoms with Crippen LogP contribution in [0, 0.1) is 0 Å². The van der Waals surface area contributed by atoms with E-state index in [-0.39, 0.29) is 11.5 Å². The summed E-state index contributed by atoms with van der Waals surface area (Å²) in [7, 11) is -2.46. The summed E-state index contributed by atoms with van der Waals surface area (Å²) in [5, 5.41) is 0.649. The minimum atomic E-state index is -3.93. The maximum atomic E-state index is 12.5. The first-order valence-electron chi connectivity index (χ1n) is 9.62. The van der Waals surface area contributed by atoms with Crippen LogP contribution in [0.15, 0.2) is 62.6 Å². The molecule has 0 aliphatic carbocycles. The number of hydrogen-bond donors (Lipinski definition) is 1. The zero-order valence-electron chi connectivity index (χ0n) is 17.4. The second-order valence-corrected chi connectivity index (χ2v) is 8.61. The lowest BCUT2D eigenvalue weighted by Crippen LogP contribution is -2.39. The van der Waals surface area contributed by atoms with Crippen LogP contribution in [-0.2, 0) is 32.6 Å². The number of nitrogens with one attached hydrogen (secondary N) is 1. The fourth-order valence-corrected chi connectivity index (χ4v) is 4.18. The van der Waals surface area contributed by atoms with E-state index in [2.05, 4.69) is 4.72 Å². The van der Waals surface area contributed by atoms with Crippen molar-refractivity contribution in [3.05, 3.63) is 70.1 Å². The van der Waals surface area contributed by atoms with Crippen molar-refractivity contribution in [2.45, 2.75) is 37.8 Å². The first-order chi connectivity index (χ1) is 14.7. The average molecular weight is 445 g/mol. The van der Waals surface area contributed by atoms with E-state index < -0.39 is 27.7 Å². The van der Waals surface area contributed by atoms with Gasteiger partial charge in [-0.05, 0) is 49.2 Å². The van der Waals surface area contributed by atoms with Crippen LogP contribution in [0.25, 0.3) is 11.0 Å². The van der Waals surface area contributed by atoms with E-state index in [1.54, 1.807) is 12.1 Å². The highest BCUT2D eigenvalue weighted by Gasteiger charge is 2.23. The molecule has 3 aromatic rings. The Morgan fingerprint density at radius 3 is 2.48 bits per heavy atom. The molecular weight excluding hydrogens is 422 g/mol. The van der Waals surface area contributed by atoms with E-state index in [9.17, 15) is 18.0 Å². The highest BCUT2D eigenvalue weighted by molar-refractivity contribution is 7.89. The highest BCUT2D eigenvalue weighted by atomic mass is 32.2. The summed E-state index contributed by atoms with van der Waals surface area (Å²) in [6.07, 6.45) is 0.782. The average Bonchev–Trinajstić information content (AvgIpc) is 2.76. The van der Waals surface area contributed by atoms with Crippen molar-refractivity contribution in [1.29, 1.82) is 0 Å². The molecule has 9 heteroatoms. The fourth-order valence-electron chi connectivity index (χ4n) is 2.99. The number of carbonyl (C=O) groups is 1. The molecule has 164 valence electrons. The molecule has 3 rings (SSSR count). The van der Waals surface area contributed by atoms with Crippen molar-refractivity contribution < 1.29 is 27.1 Å². The topological polar surface area (TPSA) is 112 Å². The molecule has 1 heterocycles. The van der Waals surface area contributed by atoms with Crippen LogP contribution in [-0.4, -0.2) is 27.5 Å². The third-order valence-corrected chi connectivity index (χ3v) is 6.28. The molecule has 0 saturated carbocycles. The summed E-state index contributed by atoms with van der Waals surface area (Å²) >= 11 is 0. The summed E-state index contributed by atoms with van der Waals surface area (Å²) in [6, 6.07) is 11.4. The van der Waals surface area contributed by atoms with Crippen molar-refractivity contribution in [3.63, 3.8) is 0 Å². The van der Waals surface area contributed by atoms with Gasteiger partial charge in [0.25, 0.3) is 0 Å². The van der Waals surface area contributed by atoms with Gasteiger partial charge < -0.3 is 13.9 Å². The predicted octanol–water partition coefficient (Wildman–Crippen LogP) is 2.77. The van der Waals surface area contributed by atoms with Crippen LogP contribution >= 0.6 is 0 Å². The smallest absolute Gasteiger partial charge is 0.336 e. The Morgan fingerprint density at radius 1 is 1.13 bits per heavy atom. The van der Waals surface area contributed by atoms with Crippen LogP contribution in [0.1, 0.15) is 25.0 Å². The van der Waals surface area contributed by atoms with Gasteiger partial charge >= 0.3 is 11.6 Å². The molecule has 0 aliphatic heterocycles. The Kier molecular flexibility index (Phi) is 6.77. The summed E-state index contributed by atoms with van der Waals surface area (Å²) in [5.41, 5.74) is 1.34. The molecule has 0 fully saturated rings. The van der Waals surface area contributed by atoms with E-state index in [4.69, 9.17) is 13.9 Å². The number of carbonyl (C=O) groups excluding carboxylic acids is 1. The molecule has 2 aromatic carbocycles. The predicted molar refractivity (Wildman–Crippen MR) is 114 cm³/mol. The van der Waals surface area contributed by atoms with Crippen molar-refractivity contribution in [2.75, 3.05) is 7.11 Å². The molecule has 8 nitrogen and oxygen atoms in total. The molecule has 0 radical (unpaired) electrons. The third kappa shape index (κ3) is 5.31. The summed E-state index contributed by atoms with van der Waals surface area (Å²) in [4.78, 5) is 24.2. The molecule has 1 aromatic heterocycles. The van der Waals surface area contributed by atoms with Gasteiger partial charge in [0.05, 0.1) is 12.0 Å². The second kappa shape index (κ2) is 9.32. The van der Waals surface area contributed by atoms with Crippen molar-refractivity contribution in [1.82, 2.24) is 4.72 Å². The Hall–Kier alpha value is -3.17. The number of rotatable bonds is 8. The van der Waals surface area contributed by atoms with Gasteiger partial charge in [-0.3, -0.25) is 4.79 Å². The molecule has 0 amide bonds. The SMILES string of the molecule is CCc1ccc2c(COC(=O)[C@H](C)NS(=O)(=O)c3ccc(OC)cc3)cc(=O)oc2c1. The number of methoxy groups -OCH3 is 1. The standard InChI is InChI=1S/C22H23NO7S/c1-4-15-5-10-19-16(12-21(24)30-20(19)11-15)13-29-22(25)14(2)23-31(26,27)18-8-6-17(28-3)7-9-18/h5-12,14,23H,4,13H2,1-3H3/t14-/m0/s1. The van der Waals surface area contributed by atoms with Crippen molar-refractivity contribution in [2.24, 2.45) is 0 Å². The molecular formula is C22H23NO7S. The second-order valence-electron chi connectivity index (χ2n) is 6.90. The molecule has 1 N–H and O–H groups in total. The third-order valence-electron chi connectivity index (χ3n) is 4.73. The molecule has 0 spiro atoms. The Balaban J connectivity index is 1.71. The van der Waals surface area contributed by atoms with E-state index in [0.717, 1.165) is 12.0 Å². The Morgan fingerprint density at radius 2 is 1.84 bits per heavy atom. The number of benzene rings is 2. The van der Waals surface area contributed by atoms with Gasteiger partial charge in [0.15, 0.2) is 0 Å². The van der Waals surface area contributed by atoms with E-state index in [1.165, 1.54) is 44.4 Å². The largest absolute Gasteiger partial charge is 0.497 e. The van der Waals surface area contributed by atoms with Crippen LogP contribution in [0.5, 0.6) is 5.75 Å². The monoisotopic (exact) mass is 445 g/mol. The summed E-state index contributed by atoms with van der Waals surface area (Å²) in [5.74, 6) is -0.263. The van der Waals surface area contributed by atoms with E-state index in [1.807, 2.05) is 13.0 Å².